The van der Waals surface area contributed by atoms with Gasteiger partial charge in [0.2, 0.25) is 0 Å². The van der Waals surface area contributed by atoms with Gasteiger partial charge in [0, 0.05) is 25.5 Å². The van der Waals surface area contributed by atoms with Gasteiger partial charge in [0.15, 0.2) is 9.84 Å². The third-order valence-electron chi connectivity index (χ3n) is 2.88. The van der Waals surface area contributed by atoms with Gasteiger partial charge < -0.3 is 4.90 Å². The average molecular weight is 255 g/mol. The number of hydrogen-bond donors (Lipinski definition) is 0. The molecule has 1 amide bonds. The van der Waals surface area contributed by atoms with Crippen molar-refractivity contribution in [3.63, 3.8) is 0 Å². The van der Waals surface area contributed by atoms with Crippen molar-refractivity contribution in [2.24, 2.45) is 0 Å². The second-order valence-corrected chi connectivity index (χ2v) is 6.33. The van der Waals surface area contributed by atoms with E-state index in [0.29, 0.717) is 12.0 Å². The van der Waals surface area contributed by atoms with Crippen molar-refractivity contribution in [3.8, 4) is 0 Å². The fourth-order valence-corrected chi connectivity index (χ4v) is 3.63. The van der Waals surface area contributed by atoms with E-state index in [-0.39, 0.29) is 23.5 Å². The Labute approximate surface area is 99.6 Å². The molecule has 0 aliphatic carbocycles. The second kappa shape index (κ2) is 4.40. The maximum atomic E-state index is 12.0. The lowest BCUT2D eigenvalue weighted by molar-refractivity contribution is 0.0747. The first-order chi connectivity index (χ1) is 7.99. The molecule has 0 N–H and O–H groups in total. The Morgan fingerprint density at radius 2 is 2.06 bits per heavy atom. The van der Waals surface area contributed by atoms with Crippen LogP contribution in [-0.2, 0) is 9.84 Å². The largest absolute Gasteiger partial charge is 0.338 e. The molecule has 0 radical (unpaired) electrons. The summed E-state index contributed by atoms with van der Waals surface area (Å²) in [6.45, 7) is 0. The minimum absolute atomic E-state index is 0.0446. The number of rotatable bonds is 2. The third kappa shape index (κ3) is 2.60. The molecule has 1 aliphatic heterocycles. The molecule has 7 heteroatoms. The summed E-state index contributed by atoms with van der Waals surface area (Å²) in [5.74, 6) is -0.0449. The topological polar surface area (TPSA) is 80.2 Å². The van der Waals surface area contributed by atoms with Gasteiger partial charge in [-0.3, -0.25) is 4.79 Å². The Morgan fingerprint density at radius 3 is 2.59 bits per heavy atom. The Kier molecular flexibility index (Phi) is 3.10. The molecule has 1 atom stereocenters. The zero-order valence-corrected chi connectivity index (χ0v) is 10.2. The smallest absolute Gasteiger partial charge is 0.257 e. The molecule has 1 aromatic heterocycles. The summed E-state index contributed by atoms with van der Waals surface area (Å²) in [6, 6.07) is -0.243. The van der Waals surface area contributed by atoms with Crippen LogP contribution in [0.5, 0.6) is 0 Å². The first-order valence-electron chi connectivity index (χ1n) is 5.22. The molecule has 92 valence electrons. The summed E-state index contributed by atoms with van der Waals surface area (Å²) in [5.41, 5.74) is 0.374. The second-order valence-electron chi connectivity index (χ2n) is 4.10. The van der Waals surface area contributed by atoms with Crippen molar-refractivity contribution in [1.82, 2.24) is 14.9 Å². The Bertz CT molecular complexity index is 515. The lowest BCUT2D eigenvalue weighted by Crippen LogP contribution is -2.37. The molecular weight excluding hydrogens is 242 g/mol. The SMILES string of the molecule is CN(C(=O)c1cncnc1)C1CCS(=O)(=O)C1. The monoisotopic (exact) mass is 255 g/mol. The van der Waals surface area contributed by atoms with Gasteiger partial charge in [0.05, 0.1) is 17.1 Å². The molecule has 1 saturated heterocycles. The van der Waals surface area contributed by atoms with Crippen LogP contribution < -0.4 is 0 Å². The van der Waals surface area contributed by atoms with Crippen LogP contribution in [0.4, 0.5) is 0 Å². The standard InChI is InChI=1S/C10H13N3O3S/c1-13(9-2-3-17(15,16)6-9)10(14)8-4-11-7-12-5-8/h4-5,7,9H,2-3,6H2,1H3. The highest BCUT2D eigenvalue weighted by Crippen LogP contribution is 2.17. The minimum Gasteiger partial charge on any atom is -0.338 e. The van der Waals surface area contributed by atoms with Gasteiger partial charge in [-0.15, -0.1) is 0 Å². The fourth-order valence-electron chi connectivity index (χ4n) is 1.86. The first-order valence-corrected chi connectivity index (χ1v) is 7.04. The quantitative estimate of drug-likeness (QED) is 0.727. The van der Waals surface area contributed by atoms with E-state index in [9.17, 15) is 13.2 Å². The van der Waals surface area contributed by atoms with Gasteiger partial charge >= 0.3 is 0 Å². The van der Waals surface area contributed by atoms with Gasteiger partial charge in [-0.25, -0.2) is 18.4 Å². The van der Waals surface area contributed by atoms with Gasteiger partial charge in [-0.2, -0.15) is 0 Å². The van der Waals surface area contributed by atoms with Crippen LogP contribution in [0.2, 0.25) is 0 Å². The van der Waals surface area contributed by atoms with Crippen molar-refractivity contribution in [1.29, 1.82) is 0 Å². The summed E-state index contributed by atoms with van der Waals surface area (Å²) in [4.78, 5) is 21.0. The zero-order valence-electron chi connectivity index (χ0n) is 9.41. The molecule has 1 unspecified atom stereocenters. The molecule has 1 fully saturated rings. The summed E-state index contributed by atoms with van der Waals surface area (Å²) in [5, 5.41) is 0. The van der Waals surface area contributed by atoms with Crippen molar-refractivity contribution >= 4 is 15.7 Å². The molecule has 0 aromatic carbocycles. The van der Waals surface area contributed by atoms with Crippen LogP contribution in [-0.4, -0.2) is 53.8 Å². The van der Waals surface area contributed by atoms with Crippen molar-refractivity contribution in [2.75, 3.05) is 18.6 Å². The third-order valence-corrected chi connectivity index (χ3v) is 4.63. The number of aromatic nitrogens is 2. The molecule has 17 heavy (non-hydrogen) atoms. The summed E-state index contributed by atoms with van der Waals surface area (Å²) in [6.07, 6.45) is 4.69. The molecule has 0 spiro atoms. The zero-order chi connectivity index (χ0) is 12.5. The van der Waals surface area contributed by atoms with Crippen LogP contribution in [0.1, 0.15) is 16.8 Å². The van der Waals surface area contributed by atoms with Crippen molar-refractivity contribution < 1.29 is 13.2 Å². The highest BCUT2D eigenvalue weighted by molar-refractivity contribution is 7.91. The van der Waals surface area contributed by atoms with Gasteiger partial charge in [-0.1, -0.05) is 0 Å². The normalized spacial score (nSPS) is 22.3. The molecule has 0 saturated carbocycles. The predicted octanol–water partition coefficient (Wildman–Crippen LogP) is -0.264. The van der Waals surface area contributed by atoms with Gasteiger partial charge in [0.25, 0.3) is 5.91 Å². The molecule has 1 aromatic rings. The van der Waals surface area contributed by atoms with Gasteiger partial charge in [0.1, 0.15) is 6.33 Å². The highest BCUT2D eigenvalue weighted by atomic mass is 32.2. The van der Waals surface area contributed by atoms with Crippen LogP contribution in [0.25, 0.3) is 0 Å². The number of carbonyl (C=O) groups is 1. The van der Waals surface area contributed by atoms with E-state index in [1.165, 1.54) is 23.6 Å². The number of hydrogen-bond acceptors (Lipinski definition) is 5. The Hall–Kier alpha value is -1.50. The molecular formula is C10H13N3O3S. The Balaban J connectivity index is 2.11. The molecule has 2 heterocycles. The molecule has 0 bridgehead atoms. The fraction of sp³-hybridized carbons (Fsp3) is 0.500. The van der Waals surface area contributed by atoms with Crippen molar-refractivity contribution in [3.05, 3.63) is 24.3 Å². The van der Waals surface area contributed by atoms with E-state index in [1.807, 2.05) is 0 Å². The maximum absolute atomic E-state index is 12.0. The van der Waals surface area contributed by atoms with Gasteiger partial charge in [-0.05, 0) is 6.42 Å². The number of amides is 1. The summed E-state index contributed by atoms with van der Waals surface area (Å²) >= 11 is 0. The first kappa shape index (κ1) is 12.0. The molecule has 2 rings (SSSR count). The predicted molar refractivity (Wildman–Crippen MR) is 61.2 cm³/mol. The maximum Gasteiger partial charge on any atom is 0.257 e. The number of carbonyl (C=O) groups excluding carboxylic acids is 1. The van der Waals surface area contributed by atoms with Crippen LogP contribution in [0.15, 0.2) is 18.7 Å². The van der Waals surface area contributed by atoms with Crippen LogP contribution >= 0.6 is 0 Å². The lowest BCUT2D eigenvalue weighted by atomic mass is 10.2. The minimum atomic E-state index is -2.98. The number of nitrogens with zero attached hydrogens (tertiary/aromatic N) is 3. The lowest BCUT2D eigenvalue weighted by Gasteiger charge is -2.22. The summed E-state index contributed by atoms with van der Waals surface area (Å²) in [7, 11) is -1.37. The van der Waals surface area contributed by atoms with E-state index >= 15 is 0 Å². The average Bonchev–Trinajstić information content (AvgIpc) is 2.69. The molecule has 6 nitrogen and oxygen atoms in total. The van der Waals surface area contributed by atoms with E-state index in [0.717, 1.165) is 0 Å². The van der Waals surface area contributed by atoms with E-state index < -0.39 is 9.84 Å². The van der Waals surface area contributed by atoms with E-state index in [1.54, 1.807) is 7.05 Å². The van der Waals surface area contributed by atoms with E-state index in [2.05, 4.69) is 9.97 Å². The van der Waals surface area contributed by atoms with Crippen LogP contribution in [0.3, 0.4) is 0 Å². The van der Waals surface area contributed by atoms with Crippen LogP contribution in [0, 0.1) is 0 Å². The number of sulfone groups is 1. The highest BCUT2D eigenvalue weighted by Gasteiger charge is 2.33. The molecule has 1 aliphatic rings. The van der Waals surface area contributed by atoms with E-state index in [4.69, 9.17) is 0 Å². The summed E-state index contributed by atoms with van der Waals surface area (Å²) < 4.78 is 22.7. The Morgan fingerprint density at radius 1 is 1.41 bits per heavy atom. The van der Waals surface area contributed by atoms with Crippen molar-refractivity contribution in [2.45, 2.75) is 12.5 Å².